The Morgan fingerprint density at radius 2 is 2.31 bits per heavy atom. The molecule has 0 bridgehead atoms. The van der Waals surface area contributed by atoms with Crippen molar-refractivity contribution in [1.29, 1.82) is 0 Å². The topological polar surface area (TPSA) is 38.9 Å². The molecule has 0 aliphatic heterocycles. The standard InChI is InChI=1S/C11H11BrN2S2/c1-7-14-9(5-15-7)6-16-11-3-2-8(13)4-10(11)12/h2-5H,6,13H2,1H3. The van der Waals surface area contributed by atoms with E-state index in [1.165, 1.54) is 4.90 Å². The molecule has 2 aromatic rings. The number of aryl methyl sites for hydroxylation is 1. The van der Waals surface area contributed by atoms with Gasteiger partial charge in [0.05, 0.1) is 10.7 Å². The number of rotatable bonds is 3. The monoisotopic (exact) mass is 314 g/mol. The van der Waals surface area contributed by atoms with Crippen LogP contribution < -0.4 is 5.73 Å². The smallest absolute Gasteiger partial charge is 0.0897 e. The Kier molecular flexibility index (Phi) is 3.89. The number of nitrogens with two attached hydrogens (primary N) is 1. The number of benzene rings is 1. The van der Waals surface area contributed by atoms with Gasteiger partial charge in [0, 0.05) is 26.2 Å². The van der Waals surface area contributed by atoms with Gasteiger partial charge < -0.3 is 5.73 Å². The molecule has 0 fully saturated rings. The van der Waals surface area contributed by atoms with Gasteiger partial charge in [0.2, 0.25) is 0 Å². The lowest BCUT2D eigenvalue weighted by Gasteiger charge is -2.03. The van der Waals surface area contributed by atoms with Crippen molar-refractivity contribution in [3.63, 3.8) is 0 Å². The summed E-state index contributed by atoms with van der Waals surface area (Å²) < 4.78 is 1.05. The first kappa shape index (κ1) is 12.0. The third kappa shape index (κ3) is 2.99. The Balaban J connectivity index is 2.04. The Hall–Kier alpha value is -0.520. The highest BCUT2D eigenvalue weighted by Crippen LogP contribution is 2.31. The number of thiazole rings is 1. The summed E-state index contributed by atoms with van der Waals surface area (Å²) in [6.45, 7) is 2.03. The zero-order valence-electron chi connectivity index (χ0n) is 8.74. The second-order valence-electron chi connectivity index (χ2n) is 3.34. The molecular formula is C11H11BrN2S2. The summed E-state index contributed by atoms with van der Waals surface area (Å²) in [5.74, 6) is 0.896. The van der Waals surface area contributed by atoms with Gasteiger partial charge in [-0.15, -0.1) is 23.1 Å². The van der Waals surface area contributed by atoms with Crippen molar-refractivity contribution >= 4 is 44.7 Å². The molecule has 16 heavy (non-hydrogen) atoms. The van der Waals surface area contributed by atoms with E-state index in [9.17, 15) is 0 Å². The van der Waals surface area contributed by atoms with Crippen molar-refractivity contribution in [3.05, 3.63) is 38.8 Å². The van der Waals surface area contributed by atoms with Crippen LogP contribution in [0.15, 0.2) is 32.9 Å². The second kappa shape index (κ2) is 5.21. The van der Waals surface area contributed by atoms with E-state index in [1.807, 2.05) is 25.1 Å². The number of nitrogens with zero attached hydrogens (tertiary/aromatic N) is 1. The predicted molar refractivity (Wildman–Crippen MR) is 75.0 cm³/mol. The van der Waals surface area contributed by atoms with Crippen LogP contribution >= 0.6 is 39.0 Å². The molecule has 1 heterocycles. The minimum Gasteiger partial charge on any atom is -0.399 e. The molecule has 5 heteroatoms. The third-order valence-electron chi connectivity index (χ3n) is 2.00. The van der Waals surface area contributed by atoms with Crippen LogP contribution in [0.2, 0.25) is 0 Å². The van der Waals surface area contributed by atoms with Gasteiger partial charge in [-0.1, -0.05) is 0 Å². The summed E-state index contributed by atoms with van der Waals surface area (Å²) in [6, 6.07) is 5.87. The molecule has 0 amide bonds. The van der Waals surface area contributed by atoms with Crippen molar-refractivity contribution in [1.82, 2.24) is 4.98 Å². The van der Waals surface area contributed by atoms with Crippen LogP contribution in [0.4, 0.5) is 5.69 Å². The summed E-state index contributed by atoms with van der Waals surface area (Å²) in [7, 11) is 0. The molecule has 0 radical (unpaired) electrons. The maximum atomic E-state index is 5.69. The fourth-order valence-corrected chi connectivity index (χ4v) is 3.53. The van der Waals surface area contributed by atoms with Crippen LogP contribution in [0.5, 0.6) is 0 Å². The van der Waals surface area contributed by atoms with E-state index >= 15 is 0 Å². The highest BCUT2D eigenvalue weighted by Gasteiger charge is 2.03. The maximum Gasteiger partial charge on any atom is 0.0897 e. The van der Waals surface area contributed by atoms with Gasteiger partial charge in [0.15, 0.2) is 0 Å². The normalized spacial score (nSPS) is 10.6. The first-order valence-corrected chi connectivity index (χ1v) is 7.40. The molecular weight excluding hydrogens is 304 g/mol. The number of anilines is 1. The van der Waals surface area contributed by atoms with Crippen LogP contribution in [0.25, 0.3) is 0 Å². The molecule has 0 saturated carbocycles. The molecule has 2 rings (SSSR count). The van der Waals surface area contributed by atoms with Crippen molar-refractivity contribution in [2.75, 3.05) is 5.73 Å². The van der Waals surface area contributed by atoms with Crippen LogP contribution in [-0.4, -0.2) is 4.98 Å². The number of halogens is 1. The number of aromatic nitrogens is 1. The molecule has 0 saturated heterocycles. The molecule has 2 N–H and O–H groups in total. The van der Waals surface area contributed by atoms with Gasteiger partial charge in [0.25, 0.3) is 0 Å². The van der Waals surface area contributed by atoms with Gasteiger partial charge in [-0.2, -0.15) is 0 Å². The van der Waals surface area contributed by atoms with E-state index in [2.05, 4.69) is 26.3 Å². The Morgan fingerprint density at radius 3 is 2.94 bits per heavy atom. The van der Waals surface area contributed by atoms with E-state index < -0.39 is 0 Å². The number of thioether (sulfide) groups is 1. The van der Waals surface area contributed by atoms with Crippen LogP contribution in [0.3, 0.4) is 0 Å². The van der Waals surface area contributed by atoms with Crippen LogP contribution in [0, 0.1) is 6.92 Å². The van der Waals surface area contributed by atoms with E-state index in [0.717, 1.165) is 26.6 Å². The van der Waals surface area contributed by atoms with Gasteiger partial charge in [-0.3, -0.25) is 0 Å². The molecule has 0 aliphatic carbocycles. The van der Waals surface area contributed by atoms with E-state index in [-0.39, 0.29) is 0 Å². The molecule has 84 valence electrons. The second-order valence-corrected chi connectivity index (χ2v) is 6.27. The van der Waals surface area contributed by atoms with Crippen LogP contribution in [-0.2, 0) is 5.75 Å². The molecule has 1 aromatic carbocycles. The summed E-state index contributed by atoms with van der Waals surface area (Å²) in [4.78, 5) is 5.62. The average Bonchev–Trinajstić information content (AvgIpc) is 2.63. The fourth-order valence-electron chi connectivity index (χ4n) is 1.26. The van der Waals surface area contributed by atoms with Crippen molar-refractivity contribution in [3.8, 4) is 0 Å². The summed E-state index contributed by atoms with van der Waals surface area (Å²) in [6.07, 6.45) is 0. The van der Waals surface area contributed by atoms with Gasteiger partial charge >= 0.3 is 0 Å². The van der Waals surface area contributed by atoms with E-state index in [4.69, 9.17) is 5.73 Å². The average molecular weight is 315 g/mol. The maximum absolute atomic E-state index is 5.69. The number of hydrogen-bond donors (Lipinski definition) is 1. The van der Waals surface area contributed by atoms with E-state index in [0.29, 0.717) is 0 Å². The highest BCUT2D eigenvalue weighted by molar-refractivity contribution is 9.10. The van der Waals surface area contributed by atoms with E-state index in [1.54, 1.807) is 23.1 Å². The van der Waals surface area contributed by atoms with Gasteiger partial charge in [-0.05, 0) is 41.1 Å². The lowest BCUT2D eigenvalue weighted by Crippen LogP contribution is -1.86. The number of nitrogen functional groups attached to an aromatic ring is 1. The fraction of sp³-hybridized carbons (Fsp3) is 0.182. The summed E-state index contributed by atoms with van der Waals surface area (Å²) in [5.41, 5.74) is 7.60. The quantitative estimate of drug-likeness (QED) is 0.685. The minimum absolute atomic E-state index is 0.778. The van der Waals surface area contributed by atoms with Crippen molar-refractivity contribution in [2.24, 2.45) is 0 Å². The zero-order chi connectivity index (χ0) is 11.5. The Labute approximate surface area is 111 Å². The lowest BCUT2D eigenvalue weighted by molar-refractivity contribution is 1.18. The minimum atomic E-state index is 0.778. The molecule has 0 atom stereocenters. The molecule has 1 aromatic heterocycles. The lowest BCUT2D eigenvalue weighted by atomic mass is 10.3. The molecule has 0 aliphatic rings. The first-order valence-electron chi connectivity index (χ1n) is 4.74. The zero-order valence-corrected chi connectivity index (χ0v) is 12.0. The Morgan fingerprint density at radius 1 is 1.50 bits per heavy atom. The predicted octanol–water partition coefficient (Wildman–Crippen LogP) is 4.09. The largest absolute Gasteiger partial charge is 0.399 e. The first-order chi connectivity index (χ1) is 7.65. The SMILES string of the molecule is Cc1nc(CSc2ccc(N)cc2Br)cs1. The van der Waals surface area contributed by atoms with Crippen molar-refractivity contribution < 1.29 is 0 Å². The third-order valence-corrected chi connectivity index (χ3v) is 4.85. The number of hydrogen-bond acceptors (Lipinski definition) is 4. The summed E-state index contributed by atoms with van der Waals surface area (Å²) in [5, 5.41) is 3.22. The van der Waals surface area contributed by atoms with Gasteiger partial charge in [-0.25, -0.2) is 4.98 Å². The molecule has 0 spiro atoms. The van der Waals surface area contributed by atoms with Crippen LogP contribution in [0.1, 0.15) is 10.7 Å². The Bertz CT molecular complexity index is 496. The van der Waals surface area contributed by atoms with Crippen molar-refractivity contribution in [2.45, 2.75) is 17.6 Å². The summed E-state index contributed by atoms with van der Waals surface area (Å²) >= 11 is 6.96. The molecule has 2 nitrogen and oxygen atoms in total. The van der Waals surface area contributed by atoms with Gasteiger partial charge in [0.1, 0.15) is 0 Å². The highest BCUT2D eigenvalue weighted by atomic mass is 79.9. The molecule has 0 unspecified atom stereocenters.